The summed E-state index contributed by atoms with van der Waals surface area (Å²) in [5.41, 5.74) is 1.23. The number of methoxy groups -OCH3 is 1. The maximum Gasteiger partial charge on any atom is 0.133 e. The van der Waals surface area contributed by atoms with Gasteiger partial charge in [-0.05, 0) is 6.07 Å². The largest absolute Gasteiger partial charge is 0.395 e. The van der Waals surface area contributed by atoms with Gasteiger partial charge < -0.3 is 20.1 Å². The van der Waals surface area contributed by atoms with Crippen molar-refractivity contribution in [2.75, 3.05) is 64.5 Å². The highest BCUT2D eigenvalue weighted by Crippen LogP contribution is 2.18. The summed E-state index contributed by atoms with van der Waals surface area (Å²) in [6, 6.07) is 4.11. The van der Waals surface area contributed by atoms with Crippen LogP contribution in [0, 0.1) is 0 Å². The van der Waals surface area contributed by atoms with Crippen LogP contribution in [-0.2, 0) is 11.3 Å². The number of β-amino-alcohol motifs (C(OH)–C–C–N with tert-alkyl or cyclic N) is 1. The van der Waals surface area contributed by atoms with Gasteiger partial charge in [0.25, 0.3) is 0 Å². The summed E-state index contributed by atoms with van der Waals surface area (Å²) in [5.74, 6) is 1.08. The maximum atomic E-state index is 9.00. The smallest absolute Gasteiger partial charge is 0.133 e. The molecule has 1 aromatic rings. The van der Waals surface area contributed by atoms with Crippen molar-refractivity contribution in [2.45, 2.75) is 6.54 Å². The number of hydrogen-bond acceptors (Lipinski definition) is 6. The van der Waals surface area contributed by atoms with Gasteiger partial charge in [0, 0.05) is 64.7 Å². The topological polar surface area (TPSA) is 60.9 Å². The number of aliphatic hydroxyl groups is 1. The molecule has 1 aliphatic rings. The number of nitrogens with one attached hydrogen (secondary N) is 1. The summed E-state index contributed by atoms with van der Waals surface area (Å²) in [6.07, 6.45) is 1.86. The predicted octanol–water partition coefficient (Wildman–Crippen LogP) is -0.0681. The van der Waals surface area contributed by atoms with Crippen LogP contribution in [0.5, 0.6) is 0 Å². The molecule has 6 heteroatoms. The van der Waals surface area contributed by atoms with Crippen LogP contribution >= 0.6 is 0 Å². The fourth-order valence-electron chi connectivity index (χ4n) is 2.57. The third-order valence-corrected chi connectivity index (χ3v) is 3.75. The minimum Gasteiger partial charge on any atom is -0.395 e. The van der Waals surface area contributed by atoms with Gasteiger partial charge in [0.15, 0.2) is 0 Å². The van der Waals surface area contributed by atoms with Crippen molar-refractivity contribution >= 4 is 5.82 Å². The average Bonchev–Trinajstić information content (AvgIpc) is 2.53. The Morgan fingerprint density at radius 3 is 2.86 bits per heavy atom. The maximum absolute atomic E-state index is 9.00. The third-order valence-electron chi connectivity index (χ3n) is 3.75. The first-order valence-corrected chi connectivity index (χ1v) is 7.57. The molecule has 0 bridgehead atoms. The number of pyridine rings is 1. The van der Waals surface area contributed by atoms with Gasteiger partial charge in [0.05, 0.1) is 13.2 Å². The first kappa shape index (κ1) is 16.2. The third kappa shape index (κ3) is 4.93. The van der Waals surface area contributed by atoms with Crippen LogP contribution < -0.4 is 10.2 Å². The van der Waals surface area contributed by atoms with E-state index in [-0.39, 0.29) is 6.61 Å². The van der Waals surface area contributed by atoms with Crippen LogP contribution in [0.25, 0.3) is 0 Å². The Morgan fingerprint density at radius 2 is 2.14 bits per heavy atom. The zero-order valence-electron chi connectivity index (χ0n) is 12.8. The molecule has 0 amide bonds. The number of aromatic nitrogens is 1. The molecular weight excluding hydrogens is 268 g/mol. The molecule has 2 heterocycles. The number of rotatable bonds is 8. The van der Waals surface area contributed by atoms with E-state index in [1.165, 1.54) is 5.56 Å². The van der Waals surface area contributed by atoms with Crippen molar-refractivity contribution in [2.24, 2.45) is 0 Å². The molecule has 0 radical (unpaired) electrons. The molecule has 0 saturated carbocycles. The molecule has 118 valence electrons. The minimum absolute atomic E-state index is 0.234. The molecule has 0 unspecified atom stereocenters. The average molecular weight is 294 g/mol. The second-order valence-corrected chi connectivity index (χ2v) is 5.21. The summed E-state index contributed by atoms with van der Waals surface area (Å²) < 4.78 is 5.05. The number of hydrogen-bond donors (Lipinski definition) is 2. The van der Waals surface area contributed by atoms with Crippen LogP contribution in [0.3, 0.4) is 0 Å². The summed E-state index contributed by atoms with van der Waals surface area (Å²) in [6.45, 7) is 7.25. The van der Waals surface area contributed by atoms with Gasteiger partial charge in [-0.1, -0.05) is 6.07 Å². The van der Waals surface area contributed by atoms with Crippen LogP contribution in [-0.4, -0.2) is 74.6 Å². The molecule has 2 rings (SSSR count). The van der Waals surface area contributed by atoms with Gasteiger partial charge in [0.2, 0.25) is 0 Å². The van der Waals surface area contributed by atoms with Gasteiger partial charge in [-0.25, -0.2) is 4.98 Å². The minimum atomic E-state index is 0.234. The van der Waals surface area contributed by atoms with Crippen LogP contribution in [0.1, 0.15) is 5.56 Å². The van der Waals surface area contributed by atoms with E-state index < -0.39 is 0 Å². The molecule has 2 N–H and O–H groups in total. The molecule has 6 nitrogen and oxygen atoms in total. The van der Waals surface area contributed by atoms with E-state index in [1.54, 1.807) is 7.11 Å². The van der Waals surface area contributed by atoms with Crippen molar-refractivity contribution in [1.82, 2.24) is 15.2 Å². The molecule has 1 aromatic heterocycles. The lowest BCUT2D eigenvalue weighted by molar-refractivity contribution is 0.188. The second-order valence-electron chi connectivity index (χ2n) is 5.21. The molecular formula is C15H26N4O2. The quantitative estimate of drug-likeness (QED) is 0.655. The Balaban J connectivity index is 1.90. The Hall–Kier alpha value is -1.21. The molecule has 0 aliphatic carbocycles. The van der Waals surface area contributed by atoms with E-state index >= 15 is 0 Å². The lowest BCUT2D eigenvalue weighted by Gasteiger charge is -2.35. The Morgan fingerprint density at radius 1 is 1.33 bits per heavy atom. The van der Waals surface area contributed by atoms with Crippen LogP contribution in [0.4, 0.5) is 5.82 Å². The standard InChI is InChI=1S/C15H26N4O2/c1-21-12-5-16-13-14-3-2-4-17-15(14)19-8-6-18(7-9-19)10-11-20/h2-4,16,20H,5-13H2,1H3. The number of piperazine rings is 1. The first-order valence-electron chi connectivity index (χ1n) is 7.57. The van der Waals surface area contributed by atoms with E-state index in [0.717, 1.165) is 58.2 Å². The van der Waals surface area contributed by atoms with Crippen molar-refractivity contribution in [3.8, 4) is 0 Å². The fourth-order valence-corrected chi connectivity index (χ4v) is 2.57. The van der Waals surface area contributed by atoms with E-state index in [0.29, 0.717) is 0 Å². The number of aliphatic hydroxyl groups excluding tert-OH is 1. The summed E-state index contributed by atoms with van der Waals surface area (Å²) in [5, 5.41) is 12.4. The van der Waals surface area contributed by atoms with E-state index in [9.17, 15) is 0 Å². The summed E-state index contributed by atoms with van der Waals surface area (Å²) >= 11 is 0. The normalized spacial score (nSPS) is 16.4. The molecule has 1 aliphatic heterocycles. The monoisotopic (exact) mass is 294 g/mol. The lowest BCUT2D eigenvalue weighted by Crippen LogP contribution is -2.47. The molecule has 0 aromatic carbocycles. The van der Waals surface area contributed by atoms with Gasteiger partial charge in [-0.2, -0.15) is 0 Å². The summed E-state index contributed by atoms with van der Waals surface area (Å²) in [7, 11) is 1.71. The first-order chi connectivity index (χ1) is 10.3. The number of ether oxygens (including phenoxy) is 1. The summed E-state index contributed by atoms with van der Waals surface area (Å²) in [4.78, 5) is 9.18. The fraction of sp³-hybridized carbons (Fsp3) is 0.667. The second kappa shape index (κ2) is 8.94. The number of anilines is 1. The Labute approximate surface area is 126 Å². The van der Waals surface area contributed by atoms with Crippen molar-refractivity contribution in [3.63, 3.8) is 0 Å². The molecule has 1 fully saturated rings. The van der Waals surface area contributed by atoms with Gasteiger partial charge in [0.1, 0.15) is 5.82 Å². The van der Waals surface area contributed by atoms with Gasteiger partial charge in [-0.15, -0.1) is 0 Å². The van der Waals surface area contributed by atoms with Crippen molar-refractivity contribution in [1.29, 1.82) is 0 Å². The molecule has 1 saturated heterocycles. The highest BCUT2D eigenvalue weighted by molar-refractivity contribution is 5.47. The number of nitrogens with zero attached hydrogens (tertiary/aromatic N) is 3. The van der Waals surface area contributed by atoms with Crippen LogP contribution in [0.15, 0.2) is 18.3 Å². The van der Waals surface area contributed by atoms with E-state index in [4.69, 9.17) is 9.84 Å². The van der Waals surface area contributed by atoms with Crippen LogP contribution in [0.2, 0.25) is 0 Å². The molecule has 21 heavy (non-hydrogen) atoms. The molecule has 0 spiro atoms. The zero-order chi connectivity index (χ0) is 14.9. The zero-order valence-corrected chi connectivity index (χ0v) is 12.8. The lowest BCUT2D eigenvalue weighted by atomic mass is 10.2. The van der Waals surface area contributed by atoms with Gasteiger partial charge >= 0.3 is 0 Å². The highest BCUT2D eigenvalue weighted by atomic mass is 16.5. The Bertz CT molecular complexity index is 408. The van der Waals surface area contributed by atoms with E-state index in [1.807, 2.05) is 12.3 Å². The van der Waals surface area contributed by atoms with Crippen molar-refractivity contribution < 1.29 is 9.84 Å². The highest BCUT2D eigenvalue weighted by Gasteiger charge is 2.19. The Kier molecular flexibility index (Phi) is 6.88. The SMILES string of the molecule is COCCNCc1cccnc1N1CCN(CCO)CC1. The van der Waals surface area contributed by atoms with Crippen molar-refractivity contribution in [3.05, 3.63) is 23.9 Å². The molecule has 0 atom stereocenters. The van der Waals surface area contributed by atoms with E-state index in [2.05, 4.69) is 26.2 Å². The van der Waals surface area contributed by atoms with Gasteiger partial charge in [-0.3, -0.25) is 4.90 Å². The predicted molar refractivity (Wildman–Crippen MR) is 83.6 cm³/mol.